The Morgan fingerprint density at radius 1 is 1.11 bits per heavy atom. The van der Waals surface area contributed by atoms with Crippen LogP contribution in [0.3, 0.4) is 0 Å². The van der Waals surface area contributed by atoms with Crippen molar-refractivity contribution in [1.82, 2.24) is 10.2 Å². The summed E-state index contributed by atoms with van der Waals surface area (Å²) in [6, 6.07) is 7.25. The number of imide groups is 1. The number of para-hydroxylation sites is 1. The Kier molecular flexibility index (Phi) is 3.80. The molecule has 144 valence electrons. The quantitative estimate of drug-likeness (QED) is 0.784. The lowest BCUT2D eigenvalue weighted by Gasteiger charge is -2.34. The maximum Gasteiger partial charge on any atom is 0.250 e. The van der Waals surface area contributed by atoms with Gasteiger partial charge in [0.15, 0.2) is 0 Å². The third kappa shape index (κ3) is 2.32. The highest BCUT2D eigenvalue weighted by molar-refractivity contribution is 6.15. The van der Waals surface area contributed by atoms with Gasteiger partial charge in [0, 0.05) is 22.8 Å². The van der Waals surface area contributed by atoms with Crippen molar-refractivity contribution >= 4 is 23.4 Å². The second kappa shape index (κ2) is 5.64. The maximum atomic E-state index is 13.5. The van der Waals surface area contributed by atoms with Gasteiger partial charge in [-0.05, 0) is 39.2 Å². The van der Waals surface area contributed by atoms with E-state index in [-0.39, 0.29) is 23.8 Å². The number of benzene rings is 1. The lowest BCUT2D eigenvalue weighted by atomic mass is 9.76. The highest BCUT2D eigenvalue weighted by Gasteiger charge is 2.71. The van der Waals surface area contributed by atoms with E-state index in [0.29, 0.717) is 11.6 Å². The molecule has 2 fully saturated rings. The van der Waals surface area contributed by atoms with Gasteiger partial charge < -0.3 is 5.32 Å². The first kappa shape index (κ1) is 18.2. The van der Waals surface area contributed by atoms with E-state index in [4.69, 9.17) is 0 Å². The fourth-order valence-corrected chi connectivity index (χ4v) is 5.13. The van der Waals surface area contributed by atoms with Crippen molar-refractivity contribution in [2.45, 2.75) is 58.2 Å². The number of carbonyl (C=O) groups is 3. The molecule has 3 heterocycles. The molecule has 0 unspecified atom stereocenters. The molecular formula is C21H27N3O3. The van der Waals surface area contributed by atoms with Gasteiger partial charge in [-0.1, -0.05) is 32.0 Å². The van der Waals surface area contributed by atoms with Crippen LogP contribution in [0.1, 0.15) is 46.6 Å². The molecule has 2 N–H and O–H groups in total. The zero-order valence-electron chi connectivity index (χ0n) is 16.5. The van der Waals surface area contributed by atoms with E-state index >= 15 is 0 Å². The van der Waals surface area contributed by atoms with Crippen LogP contribution in [0.4, 0.5) is 5.69 Å². The number of nitrogens with one attached hydrogen (secondary N) is 2. The summed E-state index contributed by atoms with van der Waals surface area (Å²) in [4.78, 5) is 41.4. The van der Waals surface area contributed by atoms with Crippen LogP contribution in [-0.2, 0) is 19.9 Å². The zero-order valence-corrected chi connectivity index (χ0v) is 16.5. The zero-order chi connectivity index (χ0) is 19.7. The van der Waals surface area contributed by atoms with Crippen LogP contribution in [0, 0.1) is 17.8 Å². The Bertz CT molecular complexity index is 841. The van der Waals surface area contributed by atoms with E-state index < -0.39 is 22.9 Å². The van der Waals surface area contributed by atoms with Gasteiger partial charge in [-0.3, -0.25) is 24.6 Å². The Morgan fingerprint density at radius 2 is 1.78 bits per heavy atom. The van der Waals surface area contributed by atoms with Crippen LogP contribution >= 0.6 is 0 Å². The molecule has 3 aliphatic heterocycles. The van der Waals surface area contributed by atoms with E-state index in [1.54, 1.807) is 0 Å². The Labute approximate surface area is 159 Å². The Hall–Kier alpha value is -2.21. The summed E-state index contributed by atoms with van der Waals surface area (Å²) in [6.07, 6.45) is 0.732. The van der Waals surface area contributed by atoms with Crippen molar-refractivity contribution in [2.75, 3.05) is 5.32 Å². The summed E-state index contributed by atoms with van der Waals surface area (Å²) in [5.41, 5.74) is -0.300. The lowest BCUT2D eigenvalue weighted by Crippen LogP contribution is -2.55. The van der Waals surface area contributed by atoms with Gasteiger partial charge in [0.25, 0.3) is 0 Å². The minimum absolute atomic E-state index is 0.162. The molecule has 3 amide bonds. The largest absolute Gasteiger partial charge is 0.324 e. The van der Waals surface area contributed by atoms with Gasteiger partial charge in [0.05, 0.1) is 11.8 Å². The summed E-state index contributed by atoms with van der Waals surface area (Å²) in [6.45, 7) is 9.78. The SMILES string of the molecule is CC(C)C[C@H]1N[C@]2(C(=O)Nc3ccccc32)[C@@H]2C(=O)N(C(C)(C)C)C(=O)[C@@H]21. The summed E-state index contributed by atoms with van der Waals surface area (Å²) < 4.78 is 0. The van der Waals surface area contributed by atoms with Crippen LogP contribution < -0.4 is 10.6 Å². The number of hydrogen-bond donors (Lipinski definition) is 2. The molecule has 4 rings (SSSR count). The van der Waals surface area contributed by atoms with Gasteiger partial charge in [-0.25, -0.2) is 0 Å². The molecule has 0 radical (unpaired) electrons. The van der Waals surface area contributed by atoms with E-state index in [0.717, 1.165) is 12.0 Å². The summed E-state index contributed by atoms with van der Waals surface area (Å²) in [7, 11) is 0. The van der Waals surface area contributed by atoms with Crippen molar-refractivity contribution in [3.8, 4) is 0 Å². The molecule has 1 aromatic carbocycles. The fourth-order valence-electron chi connectivity index (χ4n) is 5.13. The first-order valence-corrected chi connectivity index (χ1v) is 9.65. The molecule has 1 aromatic rings. The van der Waals surface area contributed by atoms with Crippen LogP contribution in [0.25, 0.3) is 0 Å². The summed E-state index contributed by atoms with van der Waals surface area (Å²) >= 11 is 0. The van der Waals surface area contributed by atoms with E-state index in [1.165, 1.54) is 4.90 Å². The predicted octanol–water partition coefficient (Wildman–Crippen LogP) is 2.25. The first-order chi connectivity index (χ1) is 12.6. The highest BCUT2D eigenvalue weighted by Crippen LogP contribution is 2.54. The second-order valence-corrected chi connectivity index (χ2v) is 9.37. The molecule has 0 saturated carbocycles. The van der Waals surface area contributed by atoms with Gasteiger partial charge >= 0.3 is 0 Å². The van der Waals surface area contributed by atoms with Gasteiger partial charge in [0.1, 0.15) is 5.54 Å². The summed E-state index contributed by atoms with van der Waals surface area (Å²) in [5.74, 6) is -1.54. The summed E-state index contributed by atoms with van der Waals surface area (Å²) in [5, 5.41) is 6.38. The number of anilines is 1. The van der Waals surface area contributed by atoms with Gasteiger partial charge in [-0.15, -0.1) is 0 Å². The average Bonchev–Trinajstić information content (AvgIpc) is 3.12. The number of amides is 3. The number of fused-ring (bicyclic) bond motifs is 4. The molecule has 4 atom stereocenters. The number of carbonyl (C=O) groups excluding carboxylic acids is 3. The molecule has 1 spiro atoms. The maximum absolute atomic E-state index is 13.5. The highest BCUT2D eigenvalue weighted by atomic mass is 16.2. The molecular weight excluding hydrogens is 342 g/mol. The van der Waals surface area contributed by atoms with Crippen molar-refractivity contribution in [2.24, 2.45) is 17.8 Å². The number of nitrogens with zero attached hydrogens (tertiary/aromatic N) is 1. The van der Waals surface area contributed by atoms with Crippen LogP contribution in [0.5, 0.6) is 0 Å². The molecule has 0 aliphatic carbocycles. The van der Waals surface area contributed by atoms with Crippen molar-refractivity contribution in [3.05, 3.63) is 29.8 Å². The third-order valence-corrected chi connectivity index (χ3v) is 6.02. The van der Waals surface area contributed by atoms with Gasteiger partial charge in [0.2, 0.25) is 17.7 Å². The molecule has 27 heavy (non-hydrogen) atoms. The monoisotopic (exact) mass is 369 g/mol. The van der Waals surface area contributed by atoms with E-state index in [1.807, 2.05) is 45.0 Å². The normalized spacial score (nSPS) is 32.4. The number of rotatable bonds is 2. The standard InChI is InChI=1S/C21H27N3O3/c1-11(2)10-14-15-16(18(26)24(17(15)25)20(3,4)5)21(23-14)12-8-6-7-9-13(12)22-19(21)27/h6-9,11,14-16,23H,10H2,1-5H3,(H,22,27)/t14-,15-,16+,21+/m1/s1. The van der Waals surface area contributed by atoms with Crippen LogP contribution in [0.2, 0.25) is 0 Å². The third-order valence-electron chi connectivity index (χ3n) is 6.02. The predicted molar refractivity (Wildman–Crippen MR) is 102 cm³/mol. The number of hydrogen-bond acceptors (Lipinski definition) is 4. The molecule has 0 aromatic heterocycles. The van der Waals surface area contributed by atoms with E-state index in [2.05, 4.69) is 24.5 Å². The second-order valence-electron chi connectivity index (χ2n) is 9.37. The molecule has 6 nitrogen and oxygen atoms in total. The van der Waals surface area contributed by atoms with Crippen molar-refractivity contribution < 1.29 is 14.4 Å². The topological polar surface area (TPSA) is 78.5 Å². The van der Waals surface area contributed by atoms with Crippen molar-refractivity contribution in [1.29, 1.82) is 0 Å². The average molecular weight is 369 g/mol. The Balaban J connectivity index is 1.89. The Morgan fingerprint density at radius 3 is 2.41 bits per heavy atom. The smallest absolute Gasteiger partial charge is 0.250 e. The minimum Gasteiger partial charge on any atom is -0.324 e. The lowest BCUT2D eigenvalue weighted by molar-refractivity contribution is -0.147. The first-order valence-electron chi connectivity index (χ1n) is 9.65. The van der Waals surface area contributed by atoms with E-state index in [9.17, 15) is 14.4 Å². The van der Waals surface area contributed by atoms with Gasteiger partial charge in [-0.2, -0.15) is 0 Å². The minimum atomic E-state index is -1.17. The molecule has 2 saturated heterocycles. The molecule has 6 heteroatoms. The number of likely N-dealkylation sites (tertiary alicyclic amines) is 1. The molecule has 3 aliphatic rings. The molecule has 0 bridgehead atoms. The van der Waals surface area contributed by atoms with Crippen molar-refractivity contribution in [3.63, 3.8) is 0 Å². The fraction of sp³-hybridized carbons (Fsp3) is 0.571. The van der Waals surface area contributed by atoms with Crippen LogP contribution in [0.15, 0.2) is 24.3 Å². The van der Waals surface area contributed by atoms with Crippen LogP contribution in [-0.4, -0.2) is 34.2 Å².